The molecule has 0 aliphatic carbocycles. The number of halogens is 2. The number of quaternary nitrogens is 1. The lowest BCUT2D eigenvalue weighted by Crippen LogP contribution is -3.12. The van der Waals surface area contributed by atoms with Gasteiger partial charge in [-0.2, -0.15) is 0 Å². The summed E-state index contributed by atoms with van der Waals surface area (Å²) in [6.45, 7) is 3.38. The fourth-order valence-electron chi connectivity index (χ4n) is 1.79. The standard InChI is InChI=1S/C11H13F2NO/c12-10-2-1-3-11(13)9(10)8-14-4-6-15-7-5-14/h1-3H,4-8H2/p+1. The molecule has 1 saturated heterocycles. The highest BCUT2D eigenvalue weighted by Gasteiger charge is 2.18. The lowest BCUT2D eigenvalue weighted by molar-refractivity contribution is -0.921. The van der Waals surface area contributed by atoms with Gasteiger partial charge in [-0.25, -0.2) is 8.78 Å². The maximum Gasteiger partial charge on any atom is 0.135 e. The van der Waals surface area contributed by atoms with Crippen LogP contribution in [0.15, 0.2) is 18.2 Å². The Hall–Kier alpha value is -1.00. The summed E-state index contributed by atoms with van der Waals surface area (Å²) in [4.78, 5) is 1.17. The SMILES string of the molecule is Fc1cccc(F)c1C[NH+]1CCOCC1. The van der Waals surface area contributed by atoms with Gasteiger partial charge in [0.15, 0.2) is 0 Å². The Bertz CT molecular complexity index is 317. The van der Waals surface area contributed by atoms with E-state index in [0.717, 1.165) is 13.1 Å². The molecular weight excluding hydrogens is 200 g/mol. The average molecular weight is 214 g/mol. The Morgan fingerprint density at radius 2 is 1.73 bits per heavy atom. The molecular formula is C11H14F2NO+. The smallest absolute Gasteiger partial charge is 0.135 e. The van der Waals surface area contributed by atoms with E-state index in [2.05, 4.69) is 0 Å². The normalized spacial score (nSPS) is 18.0. The summed E-state index contributed by atoms with van der Waals surface area (Å²) in [5.74, 6) is -0.900. The van der Waals surface area contributed by atoms with Crippen molar-refractivity contribution in [3.63, 3.8) is 0 Å². The van der Waals surface area contributed by atoms with Crippen molar-refractivity contribution >= 4 is 0 Å². The largest absolute Gasteiger partial charge is 0.370 e. The minimum Gasteiger partial charge on any atom is -0.370 e. The molecule has 2 rings (SSSR count). The van der Waals surface area contributed by atoms with Crippen molar-refractivity contribution in [2.75, 3.05) is 26.3 Å². The third-order valence-corrected chi connectivity index (χ3v) is 2.69. The van der Waals surface area contributed by atoms with Crippen molar-refractivity contribution in [3.05, 3.63) is 35.4 Å². The molecule has 4 heteroatoms. The molecule has 1 aliphatic heterocycles. The van der Waals surface area contributed by atoms with Gasteiger partial charge in [0.25, 0.3) is 0 Å². The molecule has 1 fully saturated rings. The molecule has 0 radical (unpaired) electrons. The van der Waals surface area contributed by atoms with Crippen LogP contribution in [0.25, 0.3) is 0 Å². The lowest BCUT2D eigenvalue weighted by atomic mass is 10.2. The summed E-state index contributed by atoms with van der Waals surface area (Å²) in [5.41, 5.74) is 0.189. The quantitative estimate of drug-likeness (QED) is 0.751. The van der Waals surface area contributed by atoms with Crippen molar-refractivity contribution in [2.45, 2.75) is 6.54 Å². The molecule has 0 spiro atoms. The predicted octanol–water partition coefficient (Wildman–Crippen LogP) is 0.380. The first-order valence-electron chi connectivity index (χ1n) is 5.11. The molecule has 0 atom stereocenters. The van der Waals surface area contributed by atoms with Crippen LogP contribution in [-0.4, -0.2) is 26.3 Å². The maximum absolute atomic E-state index is 13.3. The summed E-state index contributed by atoms with van der Waals surface area (Å²) >= 11 is 0. The topological polar surface area (TPSA) is 13.7 Å². The zero-order valence-corrected chi connectivity index (χ0v) is 8.43. The van der Waals surface area contributed by atoms with E-state index < -0.39 is 11.6 Å². The van der Waals surface area contributed by atoms with Gasteiger partial charge >= 0.3 is 0 Å². The minimum atomic E-state index is -0.450. The zero-order valence-electron chi connectivity index (χ0n) is 8.43. The number of ether oxygens (including phenoxy) is 1. The molecule has 0 saturated carbocycles. The Kier molecular flexibility index (Phi) is 3.28. The highest BCUT2D eigenvalue weighted by Crippen LogP contribution is 2.10. The van der Waals surface area contributed by atoms with Gasteiger partial charge in [-0.05, 0) is 12.1 Å². The predicted molar refractivity (Wildman–Crippen MR) is 51.6 cm³/mol. The van der Waals surface area contributed by atoms with E-state index in [1.807, 2.05) is 0 Å². The summed E-state index contributed by atoms with van der Waals surface area (Å²) in [7, 11) is 0. The van der Waals surface area contributed by atoms with Crippen LogP contribution in [0.4, 0.5) is 8.78 Å². The molecule has 0 aromatic heterocycles. The van der Waals surface area contributed by atoms with Crippen molar-refractivity contribution in [1.82, 2.24) is 0 Å². The van der Waals surface area contributed by atoms with E-state index in [1.165, 1.54) is 23.1 Å². The summed E-state index contributed by atoms with van der Waals surface area (Å²) in [5, 5.41) is 0. The van der Waals surface area contributed by atoms with Crippen LogP contribution in [0.1, 0.15) is 5.56 Å². The third kappa shape index (κ3) is 2.52. The molecule has 15 heavy (non-hydrogen) atoms. The molecule has 1 aromatic carbocycles. The Balaban J connectivity index is 2.09. The van der Waals surface area contributed by atoms with Crippen LogP contribution in [0.2, 0.25) is 0 Å². The number of benzene rings is 1. The van der Waals surface area contributed by atoms with Gasteiger partial charge in [-0.1, -0.05) is 6.07 Å². The van der Waals surface area contributed by atoms with Gasteiger partial charge in [-0.15, -0.1) is 0 Å². The second-order valence-corrected chi connectivity index (χ2v) is 3.74. The third-order valence-electron chi connectivity index (χ3n) is 2.69. The fraction of sp³-hybridized carbons (Fsp3) is 0.455. The van der Waals surface area contributed by atoms with Crippen molar-refractivity contribution in [3.8, 4) is 0 Å². The first kappa shape index (κ1) is 10.5. The molecule has 0 amide bonds. The number of hydrogen-bond donors (Lipinski definition) is 1. The van der Waals surface area contributed by atoms with Crippen LogP contribution in [-0.2, 0) is 11.3 Å². The van der Waals surface area contributed by atoms with Gasteiger partial charge in [0.05, 0.1) is 18.8 Å². The summed E-state index contributed by atoms with van der Waals surface area (Å²) < 4.78 is 31.8. The van der Waals surface area contributed by atoms with E-state index in [4.69, 9.17) is 4.74 Å². The highest BCUT2D eigenvalue weighted by atomic mass is 19.1. The molecule has 0 bridgehead atoms. The van der Waals surface area contributed by atoms with Gasteiger partial charge in [-0.3, -0.25) is 0 Å². The zero-order chi connectivity index (χ0) is 10.7. The van der Waals surface area contributed by atoms with Gasteiger partial charge in [0, 0.05) is 0 Å². The van der Waals surface area contributed by atoms with Crippen molar-refractivity contribution < 1.29 is 18.4 Å². The minimum absolute atomic E-state index is 0.189. The summed E-state index contributed by atoms with van der Waals surface area (Å²) in [6.07, 6.45) is 0. The van der Waals surface area contributed by atoms with Crippen molar-refractivity contribution in [1.29, 1.82) is 0 Å². The van der Waals surface area contributed by atoms with E-state index in [1.54, 1.807) is 0 Å². The van der Waals surface area contributed by atoms with Crippen LogP contribution in [0, 0.1) is 11.6 Å². The van der Waals surface area contributed by atoms with Crippen LogP contribution in [0.5, 0.6) is 0 Å². The molecule has 2 nitrogen and oxygen atoms in total. The Labute approximate surface area is 87.5 Å². The highest BCUT2D eigenvalue weighted by molar-refractivity contribution is 5.18. The van der Waals surface area contributed by atoms with Gasteiger partial charge in [0.2, 0.25) is 0 Å². The van der Waals surface area contributed by atoms with E-state index >= 15 is 0 Å². The first-order valence-corrected chi connectivity index (χ1v) is 5.11. The van der Waals surface area contributed by atoms with Crippen LogP contribution in [0.3, 0.4) is 0 Å². The molecule has 0 unspecified atom stereocenters. The van der Waals surface area contributed by atoms with E-state index in [9.17, 15) is 8.78 Å². The van der Waals surface area contributed by atoms with E-state index in [0.29, 0.717) is 19.8 Å². The monoisotopic (exact) mass is 214 g/mol. The number of morpholine rings is 1. The average Bonchev–Trinajstić information content (AvgIpc) is 2.25. The number of rotatable bonds is 2. The summed E-state index contributed by atoms with van der Waals surface area (Å²) in [6, 6.07) is 4.00. The molecule has 1 N–H and O–H groups in total. The molecule has 1 heterocycles. The molecule has 1 aliphatic rings. The van der Waals surface area contributed by atoms with Crippen LogP contribution < -0.4 is 4.90 Å². The van der Waals surface area contributed by atoms with Gasteiger partial charge < -0.3 is 9.64 Å². The second-order valence-electron chi connectivity index (χ2n) is 3.74. The maximum atomic E-state index is 13.3. The Morgan fingerprint density at radius 1 is 1.13 bits per heavy atom. The first-order chi connectivity index (χ1) is 7.27. The van der Waals surface area contributed by atoms with Gasteiger partial charge in [0.1, 0.15) is 31.3 Å². The van der Waals surface area contributed by atoms with E-state index in [-0.39, 0.29) is 5.56 Å². The Morgan fingerprint density at radius 3 is 2.33 bits per heavy atom. The number of nitrogens with one attached hydrogen (secondary N) is 1. The number of hydrogen-bond acceptors (Lipinski definition) is 1. The molecule has 82 valence electrons. The fourth-order valence-corrected chi connectivity index (χ4v) is 1.79. The van der Waals surface area contributed by atoms with Crippen molar-refractivity contribution in [2.24, 2.45) is 0 Å². The van der Waals surface area contributed by atoms with Crippen LogP contribution >= 0.6 is 0 Å². The lowest BCUT2D eigenvalue weighted by Gasteiger charge is -2.23. The second kappa shape index (κ2) is 4.68. The molecule has 1 aromatic rings.